The zero-order valence-electron chi connectivity index (χ0n) is 16.3. The summed E-state index contributed by atoms with van der Waals surface area (Å²) in [6, 6.07) is 5.63. The average Bonchev–Trinajstić information content (AvgIpc) is 2.60. The fraction of sp³-hybridized carbons (Fsp3) is 0.588. The van der Waals surface area contributed by atoms with Gasteiger partial charge in [0.25, 0.3) is 0 Å². The lowest BCUT2D eigenvalue weighted by atomic mass is 10.1. The van der Waals surface area contributed by atoms with E-state index in [0.717, 1.165) is 17.7 Å². The summed E-state index contributed by atoms with van der Waals surface area (Å²) >= 11 is 6.23. The molecule has 0 atom stereocenters. The third-order valence-electron chi connectivity index (χ3n) is 3.87. The quantitative estimate of drug-likeness (QED) is 0.209. The van der Waals surface area contributed by atoms with Crippen LogP contribution in [0.15, 0.2) is 23.2 Å². The van der Waals surface area contributed by atoms with Crippen molar-refractivity contribution in [3.05, 3.63) is 28.8 Å². The molecule has 0 spiro atoms. The summed E-state index contributed by atoms with van der Waals surface area (Å²) < 4.78 is 29.7. The highest BCUT2D eigenvalue weighted by molar-refractivity contribution is 14.0. The molecule has 0 saturated heterocycles. The maximum Gasteiger partial charge on any atom is 0.211 e. The van der Waals surface area contributed by atoms with E-state index in [9.17, 15) is 8.42 Å². The van der Waals surface area contributed by atoms with Gasteiger partial charge in [0.05, 0.1) is 13.4 Å². The van der Waals surface area contributed by atoms with Gasteiger partial charge in [0.1, 0.15) is 5.75 Å². The number of sulfonamides is 1. The molecule has 0 heterocycles. The normalized spacial score (nSPS) is 11.9. The fourth-order valence-corrected chi connectivity index (χ4v) is 3.61. The van der Waals surface area contributed by atoms with Crippen molar-refractivity contribution in [2.75, 3.05) is 46.6 Å². The molecule has 1 aromatic rings. The molecular formula is C17H30ClIN4O3S. The third-order valence-corrected chi connectivity index (χ3v) is 5.60. The molecule has 156 valence electrons. The Labute approximate surface area is 185 Å². The Hall–Kier alpha value is -0.780. The Morgan fingerprint density at radius 2 is 1.96 bits per heavy atom. The summed E-state index contributed by atoms with van der Waals surface area (Å²) in [6.07, 6.45) is 2.68. The molecule has 10 heteroatoms. The second-order valence-corrected chi connectivity index (χ2v) is 8.13. The minimum Gasteiger partial charge on any atom is -0.497 e. The summed E-state index contributed by atoms with van der Waals surface area (Å²) in [6.45, 7) is 4.11. The molecule has 0 amide bonds. The van der Waals surface area contributed by atoms with E-state index < -0.39 is 10.0 Å². The molecule has 0 radical (unpaired) electrons. The predicted molar refractivity (Wildman–Crippen MR) is 123 cm³/mol. The van der Waals surface area contributed by atoms with E-state index in [4.69, 9.17) is 16.3 Å². The highest BCUT2D eigenvalue weighted by Gasteiger charge is 2.13. The molecule has 0 saturated carbocycles. The fourth-order valence-electron chi connectivity index (χ4n) is 2.41. The molecule has 0 aliphatic carbocycles. The molecular weight excluding hydrogens is 503 g/mol. The van der Waals surface area contributed by atoms with Crippen LogP contribution in [0.3, 0.4) is 0 Å². The lowest BCUT2D eigenvalue weighted by Crippen LogP contribution is -2.40. The van der Waals surface area contributed by atoms with Crippen LogP contribution in [0.25, 0.3) is 0 Å². The zero-order valence-corrected chi connectivity index (χ0v) is 20.2. The van der Waals surface area contributed by atoms with Gasteiger partial charge in [0.2, 0.25) is 10.0 Å². The second kappa shape index (κ2) is 13.4. The van der Waals surface area contributed by atoms with Crippen LogP contribution in [-0.2, 0) is 16.4 Å². The number of nitrogens with one attached hydrogen (secondary N) is 2. The molecule has 0 unspecified atom stereocenters. The van der Waals surface area contributed by atoms with E-state index in [2.05, 4.69) is 15.6 Å². The van der Waals surface area contributed by atoms with Crippen LogP contribution in [0.4, 0.5) is 0 Å². The summed E-state index contributed by atoms with van der Waals surface area (Å²) in [7, 11) is 0.171. The first kappa shape index (κ1) is 26.2. The Morgan fingerprint density at radius 1 is 1.30 bits per heavy atom. The molecule has 0 aliphatic rings. The van der Waals surface area contributed by atoms with E-state index in [1.54, 1.807) is 20.2 Å². The van der Waals surface area contributed by atoms with Crippen LogP contribution in [0.1, 0.15) is 18.9 Å². The predicted octanol–water partition coefficient (Wildman–Crippen LogP) is 2.35. The number of hydrogen-bond acceptors (Lipinski definition) is 4. The molecule has 1 aromatic carbocycles. The molecule has 0 aliphatic heterocycles. The van der Waals surface area contributed by atoms with Crippen LogP contribution in [-0.4, -0.2) is 65.3 Å². The maximum absolute atomic E-state index is 11.5. The second-order valence-electron chi connectivity index (χ2n) is 5.74. The van der Waals surface area contributed by atoms with Gasteiger partial charge < -0.3 is 15.4 Å². The van der Waals surface area contributed by atoms with Gasteiger partial charge in [0, 0.05) is 38.2 Å². The standard InChI is InChI=1S/C17H29ClN4O3S.HI/c1-5-22(26(4,23)24)12-6-10-20-17(19-2)21-11-9-14-7-8-15(25-3)13-16(14)18;/h7-8,13H,5-6,9-12H2,1-4H3,(H2,19,20,21);1H. The maximum atomic E-state index is 11.5. The molecule has 2 N–H and O–H groups in total. The third kappa shape index (κ3) is 9.82. The average molecular weight is 533 g/mol. The van der Waals surface area contributed by atoms with Crippen molar-refractivity contribution < 1.29 is 13.2 Å². The number of ether oxygens (including phenoxy) is 1. The number of nitrogens with zero attached hydrogens (tertiary/aromatic N) is 2. The Morgan fingerprint density at radius 3 is 2.48 bits per heavy atom. The van der Waals surface area contributed by atoms with Crippen LogP contribution in [0, 0.1) is 0 Å². The van der Waals surface area contributed by atoms with Gasteiger partial charge >= 0.3 is 0 Å². The zero-order chi connectivity index (χ0) is 19.6. The van der Waals surface area contributed by atoms with Crippen molar-refractivity contribution >= 4 is 51.6 Å². The van der Waals surface area contributed by atoms with Crippen molar-refractivity contribution in [1.82, 2.24) is 14.9 Å². The summed E-state index contributed by atoms with van der Waals surface area (Å²) in [5, 5.41) is 7.08. The summed E-state index contributed by atoms with van der Waals surface area (Å²) in [5.74, 6) is 1.41. The van der Waals surface area contributed by atoms with Crippen molar-refractivity contribution in [2.24, 2.45) is 4.99 Å². The van der Waals surface area contributed by atoms with E-state index in [1.807, 2.05) is 19.1 Å². The minimum absolute atomic E-state index is 0. The van der Waals surface area contributed by atoms with E-state index in [1.165, 1.54) is 10.6 Å². The van der Waals surface area contributed by atoms with Crippen LogP contribution < -0.4 is 15.4 Å². The number of rotatable bonds is 10. The molecule has 0 fully saturated rings. The van der Waals surface area contributed by atoms with Crippen molar-refractivity contribution in [1.29, 1.82) is 0 Å². The summed E-state index contributed by atoms with van der Waals surface area (Å²) in [5.41, 5.74) is 1.03. The van der Waals surface area contributed by atoms with Crippen LogP contribution in [0.5, 0.6) is 5.75 Å². The first-order valence-electron chi connectivity index (χ1n) is 8.53. The first-order valence-corrected chi connectivity index (χ1v) is 10.8. The molecule has 0 aromatic heterocycles. The highest BCUT2D eigenvalue weighted by Crippen LogP contribution is 2.22. The highest BCUT2D eigenvalue weighted by atomic mass is 127. The van der Waals surface area contributed by atoms with Crippen molar-refractivity contribution in [3.63, 3.8) is 0 Å². The minimum atomic E-state index is -3.14. The lowest BCUT2D eigenvalue weighted by Gasteiger charge is -2.18. The van der Waals surface area contributed by atoms with Gasteiger partial charge in [-0.2, -0.15) is 0 Å². The SMILES string of the molecule is CCN(CCCNC(=NC)NCCc1ccc(OC)cc1Cl)S(C)(=O)=O.I. The van der Waals surface area contributed by atoms with E-state index in [0.29, 0.717) is 43.6 Å². The largest absolute Gasteiger partial charge is 0.497 e. The number of benzene rings is 1. The van der Waals surface area contributed by atoms with E-state index >= 15 is 0 Å². The molecule has 1 rings (SSSR count). The van der Waals surface area contributed by atoms with Gasteiger partial charge in [-0.15, -0.1) is 24.0 Å². The van der Waals surface area contributed by atoms with Gasteiger partial charge in [-0.25, -0.2) is 12.7 Å². The topological polar surface area (TPSA) is 83.0 Å². The van der Waals surface area contributed by atoms with Gasteiger partial charge in [0.15, 0.2) is 5.96 Å². The van der Waals surface area contributed by atoms with Crippen molar-refractivity contribution in [2.45, 2.75) is 19.8 Å². The Balaban J connectivity index is 0.00000676. The number of methoxy groups -OCH3 is 1. The monoisotopic (exact) mass is 532 g/mol. The molecule has 0 bridgehead atoms. The number of halogens is 2. The van der Waals surface area contributed by atoms with Crippen LogP contribution >= 0.6 is 35.6 Å². The Kier molecular flexibility index (Phi) is 13.0. The van der Waals surface area contributed by atoms with Crippen LogP contribution in [0.2, 0.25) is 5.02 Å². The Bertz CT molecular complexity index is 701. The number of guanidine groups is 1. The first-order chi connectivity index (χ1) is 12.3. The smallest absolute Gasteiger partial charge is 0.211 e. The summed E-state index contributed by atoms with van der Waals surface area (Å²) in [4.78, 5) is 4.16. The van der Waals surface area contributed by atoms with Gasteiger partial charge in [-0.1, -0.05) is 24.6 Å². The molecule has 7 nitrogen and oxygen atoms in total. The molecule has 27 heavy (non-hydrogen) atoms. The number of aliphatic imine (C=N–C) groups is 1. The number of hydrogen-bond donors (Lipinski definition) is 2. The van der Waals surface area contributed by atoms with Crippen molar-refractivity contribution in [3.8, 4) is 5.75 Å². The van der Waals surface area contributed by atoms with E-state index in [-0.39, 0.29) is 24.0 Å². The van der Waals surface area contributed by atoms with Gasteiger partial charge in [-0.05, 0) is 30.5 Å². The van der Waals surface area contributed by atoms with Gasteiger partial charge in [-0.3, -0.25) is 4.99 Å². The lowest BCUT2D eigenvalue weighted by molar-refractivity contribution is 0.414.